The van der Waals surface area contributed by atoms with Crippen LogP contribution in [0, 0.1) is 0 Å². The van der Waals surface area contributed by atoms with E-state index in [0.29, 0.717) is 35.6 Å². The summed E-state index contributed by atoms with van der Waals surface area (Å²) in [4.78, 5) is 34.4. The number of aromatic nitrogens is 4. The van der Waals surface area contributed by atoms with Crippen molar-refractivity contribution in [2.45, 2.75) is 39.7 Å². The first kappa shape index (κ1) is 15.0. The Morgan fingerprint density at radius 3 is 2.67 bits per heavy atom. The second kappa shape index (κ2) is 6.34. The zero-order chi connectivity index (χ0) is 15.4. The van der Waals surface area contributed by atoms with Gasteiger partial charge in [-0.1, -0.05) is 13.8 Å². The maximum atomic E-state index is 12.2. The highest BCUT2D eigenvalue weighted by molar-refractivity contribution is 5.71. The Bertz CT molecular complexity index is 689. The van der Waals surface area contributed by atoms with Crippen LogP contribution in [0.3, 0.4) is 0 Å². The van der Waals surface area contributed by atoms with Gasteiger partial charge in [0.25, 0.3) is 0 Å². The number of rotatable bonds is 6. The number of nitrogens with zero attached hydrogens (tertiary/aromatic N) is 3. The number of carbonyl (C=O) groups is 1. The molecule has 0 radical (unpaired) electrons. The number of hydrogen-bond acceptors (Lipinski definition) is 4. The number of carboxylic acid groups (broad SMARTS) is 1. The van der Waals surface area contributed by atoms with Crippen molar-refractivity contribution in [3.8, 4) is 0 Å². The second-order valence-corrected chi connectivity index (χ2v) is 4.67. The van der Waals surface area contributed by atoms with Crippen molar-refractivity contribution in [3.63, 3.8) is 0 Å². The predicted molar refractivity (Wildman–Crippen MR) is 76.3 cm³/mol. The van der Waals surface area contributed by atoms with Gasteiger partial charge < -0.3 is 10.1 Å². The fourth-order valence-electron chi connectivity index (χ4n) is 2.44. The molecule has 0 saturated heterocycles. The molecule has 2 aromatic rings. The third-order valence-corrected chi connectivity index (χ3v) is 3.34. The lowest BCUT2D eigenvalue weighted by molar-refractivity contribution is -0.136. The Kier molecular flexibility index (Phi) is 4.52. The first-order chi connectivity index (χ1) is 10.1. The highest BCUT2D eigenvalue weighted by Gasteiger charge is 2.18. The number of carboxylic acids is 1. The van der Waals surface area contributed by atoms with E-state index < -0.39 is 5.97 Å². The van der Waals surface area contributed by atoms with Crippen molar-refractivity contribution in [1.29, 1.82) is 0 Å². The Morgan fingerprint density at radius 2 is 2.14 bits per heavy atom. The van der Waals surface area contributed by atoms with E-state index in [2.05, 4.69) is 15.0 Å². The Balaban J connectivity index is 2.58. The standard InChI is InChI=1S/C14H18N4O3/c1-3-10-9(7-13(19)20)11(4-2)18(14(21)17-10)8-12-15-5-6-16-12/h5-6H,3-4,7-8H2,1-2H3,(H,15,16)(H,19,20). The normalized spacial score (nSPS) is 10.8. The van der Waals surface area contributed by atoms with E-state index in [0.717, 1.165) is 0 Å². The average molecular weight is 290 g/mol. The molecule has 112 valence electrons. The van der Waals surface area contributed by atoms with Crippen LogP contribution in [0.2, 0.25) is 0 Å². The van der Waals surface area contributed by atoms with Crippen LogP contribution in [-0.2, 0) is 30.6 Å². The van der Waals surface area contributed by atoms with Crippen molar-refractivity contribution in [3.05, 3.63) is 45.7 Å². The van der Waals surface area contributed by atoms with Gasteiger partial charge in [0.2, 0.25) is 0 Å². The number of hydrogen-bond donors (Lipinski definition) is 2. The molecule has 0 spiro atoms. The Labute approximate surface area is 121 Å². The van der Waals surface area contributed by atoms with E-state index in [1.807, 2.05) is 13.8 Å². The molecule has 0 bridgehead atoms. The fraction of sp³-hybridized carbons (Fsp3) is 0.429. The summed E-state index contributed by atoms with van der Waals surface area (Å²) >= 11 is 0. The van der Waals surface area contributed by atoms with Gasteiger partial charge in [-0.05, 0) is 12.8 Å². The predicted octanol–water partition coefficient (Wildman–Crippen LogP) is 0.767. The molecular weight excluding hydrogens is 272 g/mol. The zero-order valence-electron chi connectivity index (χ0n) is 12.1. The number of aryl methyl sites for hydroxylation is 1. The third kappa shape index (κ3) is 3.18. The van der Waals surface area contributed by atoms with E-state index >= 15 is 0 Å². The summed E-state index contributed by atoms with van der Waals surface area (Å²) in [5, 5.41) is 9.09. The molecule has 7 nitrogen and oxygen atoms in total. The van der Waals surface area contributed by atoms with Gasteiger partial charge in [0.05, 0.1) is 18.7 Å². The van der Waals surface area contributed by atoms with E-state index in [9.17, 15) is 9.59 Å². The molecule has 0 aliphatic rings. The van der Waals surface area contributed by atoms with Crippen LogP contribution >= 0.6 is 0 Å². The van der Waals surface area contributed by atoms with Gasteiger partial charge in [-0.15, -0.1) is 0 Å². The summed E-state index contributed by atoms with van der Waals surface area (Å²) in [6, 6.07) is 0. The minimum atomic E-state index is -0.926. The minimum absolute atomic E-state index is 0.127. The zero-order valence-corrected chi connectivity index (χ0v) is 12.1. The lowest BCUT2D eigenvalue weighted by Crippen LogP contribution is -2.31. The van der Waals surface area contributed by atoms with Gasteiger partial charge in [-0.2, -0.15) is 4.98 Å². The van der Waals surface area contributed by atoms with Crippen LogP contribution in [0.1, 0.15) is 36.6 Å². The molecule has 0 aromatic carbocycles. The van der Waals surface area contributed by atoms with Crippen LogP contribution in [0.15, 0.2) is 17.2 Å². The SMILES string of the molecule is CCc1nc(=O)n(Cc2ncc[nH]2)c(CC)c1CC(=O)O. The van der Waals surface area contributed by atoms with Gasteiger partial charge in [-0.25, -0.2) is 9.78 Å². The fourth-order valence-corrected chi connectivity index (χ4v) is 2.44. The van der Waals surface area contributed by atoms with Crippen LogP contribution in [0.5, 0.6) is 0 Å². The summed E-state index contributed by atoms with van der Waals surface area (Å²) in [5.74, 6) is -0.288. The maximum absolute atomic E-state index is 12.2. The smallest absolute Gasteiger partial charge is 0.348 e. The summed E-state index contributed by atoms with van der Waals surface area (Å²) in [6.45, 7) is 4.03. The summed E-state index contributed by atoms with van der Waals surface area (Å²) in [6.07, 6.45) is 4.26. The number of H-pyrrole nitrogens is 1. The molecule has 0 unspecified atom stereocenters. The number of aliphatic carboxylic acids is 1. The molecule has 0 aliphatic carbocycles. The molecule has 2 aromatic heterocycles. The van der Waals surface area contributed by atoms with E-state index in [-0.39, 0.29) is 18.7 Å². The maximum Gasteiger partial charge on any atom is 0.348 e. The van der Waals surface area contributed by atoms with E-state index in [4.69, 9.17) is 5.11 Å². The number of aromatic amines is 1. The monoisotopic (exact) mass is 290 g/mol. The van der Waals surface area contributed by atoms with Gasteiger partial charge >= 0.3 is 11.7 Å². The molecule has 0 aliphatic heterocycles. The van der Waals surface area contributed by atoms with Gasteiger partial charge in [0.15, 0.2) is 0 Å². The van der Waals surface area contributed by atoms with Crippen molar-refractivity contribution >= 4 is 5.97 Å². The number of imidazole rings is 1. The van der Waals surface area contributed by atoms with Crippen molar-refractivity contribution in [1.82, 2.24) is 19.5 Å². The summed E-state index contributed by atoms with van der Waals surface area (Å²) in [7, 11) is 0. The third-order valence-electron chi connectivity index (χ3n) is 3.34. The highest BCUT2D eigenvalue weighted by Crippen LogP contribution is 2.14. The lowest BCUT2D eigenvalue weighted by atomic mass is 10.0. The minimum Gasteiger partial charge on any atom is -0.481 e. The largest absolute Gasteiger partial charge is 0.481 e. The van der Waals surface area contributed by atoms with Crippen molar-refractivity contribution in [2.24, 2.45) is 0 Å². The molecule has 2 rings (SSSR count). The second-order valence-electron chi connectivity index (χ2n) is 4.67. The van der Waals surface area contributed by atoms with Crippen LogP contribution in [0.25, 0.3) is 0 Å². The first-order valence-corrected chi connectivity index (χ1v) is 6.88. The molecule has 2 heterocycles. The van der Waals surface area contributed by atoms with Gasteiger partial charge in [0.1, 0.15) is 5.82 Å². The Morgan fingerprint density at radius 1 is 1.38 bits per heavy atom. The van der Waals surface area contributed by atoms with Crippen molar-refractivity contribution in [2.75, 3.05) is 0 Å². The van der Waals surface area contributed by atoms with Gasteiger partial charge in [0, 0.05) is 23.7 Å². The van der Waals surface area contributed by atoms with Gasteiger partial charge in [-0.3, -0.25) is 9.36 Å². The molecule has 0 atom stereocenters. The quantitative estimate of drug-likeness (QED) is 0.818. The van der Waals surface area contributed by atoms with E-state index in [1.165, 1.54) is 4.57 Å². The van der Waals surface area contributed by atoms with Crippen LogP contribution < -0.4 is 5.69 Å². The summed E-state index contributed by atoms with van der Waals surface area (Å²) < 4.78 is 1.50. The van der Waals surface area contributed by atoms with E-state index in [1.54, 1.807) is 12.4 Å². The molecule has 2 N–H and O–H groups in total. The summed E-state index contributed by atoms with van der Waals surface area (Å²) in [5.41, 5.74) is 1.55. The average Bonchev–Trinajstić information content (AvgIpc) is 2.94. The molecule has 0 amide bonds. The van der Waals surface area contributed by atoms with Crippen LogP contribution in [-0.4, -0.2) is 30.6 Å². The molecule has 0 saturated carbocycles. The highest BCUT2D eigenvalue weighted by atomic mass is 16.4. The number of nitrogens with one attached hydrogen (secondary N) is 1. The van der Waals surface area contributed by atoms with Crippen LogP contribution in [0.4, 0.5) is 0 Å². The first-order valence-electron chi connectivity index (χ1n) is 6.88. The Hall–Kier alpha value is -2.44. The molecular formula is C14H18N4O3. The van der Waals surface area contributed by atoms with Crippen molar-refractivity contribution < 1.29 is 9.90 Å². The molecule has 7 heteroatoms. The molecule has 0 fully saturated rings. The lowest BCUT2D eigenvalue weighted by Gasteiger charge is -2.16. The molecule has 21 heavy (non-hydrogen) atoms. The topological polar surface area (TPSA) is 101 Å².